The predicted molar refractivity (Wildman–Crippen MR) is 97.5 cm³/mol. The fraction of sp³-hybridized carbons (Fsp3) is 0.300. The molecule has 0 aliphatic rings. The number of aromatic nitrogens is 1. The van der Waals surface area contributed by atoms with Gasteiger partial charge in [0.1, 0.15) is 5.76 Å². The van der Waals surface area contributed by atoms with Crippen molar-refractivity contribution in [3.63, 3.8) is 0 Å². The Balaban J connectivity index is 1.37. The van der Waals surface area contributed by atoms with Crippen molar-refractivity contribution in [2.45, 2.75) is 32.2 Å². The molecule has 0 aliphatic carbocycles. The smallest absolute Gasteiger partial charge is 0.306 e. The lowest BCUT2D eigenvalue weighted by Gasteiger charge is -2.11. The normalized spacial score (nSPS) is 12.0. The first-order valence-corrected chi connectivity index (χ1v) is 8.67. The SMILES string of the molecule is C[C@@H](NC(=O)COC(=O)CCCc1c[nH]c2ccccc12)c1ccco1. The monoisotopic (exact) mass is 354 g/mol. The van der Waals surface area contributed by atoms with E-state index in [4.69, 9.17) is 9.15 Å². The van der Waals surface area contributed by atoms with Gasteiger partial charge in [0.2, 0.25) is 0 Å². The molecule has 2 aromatic heterocycles. The van der Waals surface area contributed by atoms with Gasteiger partial charge >= 0.3 is 5.97 Å². The number of aromatic amines is 1. The number of carbonyl (C=O) groups is 2. The standard InChI is InChI=1S/C20H22N2O4/c1-14(18-9-5-11-25-18)22-19(23)13-26-20(24)10-4-6-15-12-21-17-8-3-2-7-16(15)17/h2-3,5,7-9,11-12,14,21H,4,6,10,13H2,1H3,(H,22,23)/t14-/m1/s1. The molecular formula is C20H22N2O4. The Labute approximate surface area is 151 Å². The minimum Gasteiger partial charge on any atom is -0.467 e. The van der Waals surface area contributed by atoms with Crippen LogP contribution in [0, 0.1) is 0 Å². The minimum atomic E-state index is -0.370. The number of amides is 1. The first kappa shape index (κ1) is 17.8. The number of ether oxygens (including phenoxy) is 1. The molecule has 0 saturated heterocycles. The fourth-order valence-corrected chi connectivity index (χ4v) is 2.87. The summed E-state index contributed by atoms with van der Waals surface area (Å²) in [5.41, 5.74) is 2.27. The van der Waals surface area contributed by atoms with Gasteiger partial charge in [0.05, 0.1) is 12.3 Å². The van der Waals surface area contributed by atoms with E-state index >= 15 is 0 Å². The van der Waals surface area contributed by atoms with Gasteiger partial charge in [-0.05, 0) is 43.5 Å². The van der Waals surface area contributed by atoms with Crippen molar-refractivity contribution in [1.29, 1.82) is 0 Å². The Morgan fingerprint density at radius 2 is 2.08 bits per heavy atom. The van der Waals surface area contributed by atoms with Crippen molar-refractivity contribution in [3.05, 3.63) is 60.2 Å². The van der Waals surface area contributed by atoms with Crippen molar-refractivity contribution in [3.8, 4) is 0 Å². The van der Waals surface area contributed by atoms with Gasteiger partial charge in [-0.2, -0.15) is 0 Å². The summed E-state index contributed by atoms with van der Waals surface area (Å²) in [7, 11) is 0. The first-order valence-electron chi connectivity index (χ1n) is 8.67. The first-order chi connectivity index (χ1) is 12.6. The Morgan fingerprint density at radius 1 is 1.23 bits per heavy atom. The molecule has 6 heteroatoms. The number of aryl methyl sites for hydroxylation is 1. The highest BCUT2D eigenvalue weighted by atomic mass is 16.5. The van der Waals surface area contributed by atoms with Crippen LogP contribution in [-0.4, -0.2) is 23.5 Å². The van der Waals surface area contributed by atoms with Crippen LogP contribution in [0.4, 0.5) is 0 Å². The van der Waals surface area contributed by atoms with Gasteiger partial charge < -0.3 is 19.5 Å². The molecular weight excluding hydrogens is 332 g/mol. The molecule has 0 fully saturated rings. The number of rotatable bonds is 8. The molecule has 0 radical (unpaired) electrons. The summed E-state index contributed by atoms with van der Waals surface area (Å²) in [5.74, 6) is -0.0621. The minimum absolute atomic E-state index is 0.266. The molecule has 2 N–H and O–H groups in total. The zero-order chi connectivity index (χ0) is 18.4. The lowest BCUT2D eigenvalue weighted by Crippen LogP contribution is -2.30. The van der Waals surface area contributed by atoms with E-state index in [0.717, 1.165) is 11.9 Å². The van der Waals surface area contributed by atoms with E-state index in [2.05, 4.69) is 16.4 Å². The molecule has 2 heterocycles. The van der Waals surface area contributed by atoms with E-state index in [9.17, 15) is 9.59 Å². The molecule has 3 aromatic rings. The Hall–Kier alpha value is -3.02. The average molecular weight is 354 g/mol. The number of esters is 1. The van der Waals surface area contributed by atoms with Gasteiger partial charge in [-0.25, -0.2) is 0 Å². The van der Waals surface area contributed by atoms with Gasteiger partial charge in [0.25, 0.3) is 5.91 Å². The fourth-order valence-electron chi connectivity index (χ4n) is 2.87. The summed E-state index contributed by atoms with van der Waals surface area (Å²) in [4.78, 5) is 26.9. The molecule has 0 bridgehead atoms. The molecule has 0 saturated carbocycles. The summed E-state index contributed by atoms with van der Waals surface area (Å²) in [6, 6.07) is 11.3. The van der Waals surface area contributed by atoms with Crippen molar-refractivity contribution in [2.75, 3.05) is 6.61 Å². The number of H-pyrrole nitrogens is 1. The number of fused-ring (bicyclic) bond motifs is 1. The van der Waals surface area contributed by atoms with E-state index < -0.39 is 0 Å². The molecule has 1 amide bonds. The number of hydrogen-bond donors (Lipinski definition) is 2. The molecule has 1 aromatic carbocycles. The van der Waals surface area contributed by atoms with Gasteiger partial charge in [-0.15, -0.1) is 0 Å². The lowest BCUT2D eigenvalue weighted by molar-refractivity contribution is -0.148. The second kappa shape index (κ2) is 8.38. The second-order valence-corrected chi connectivity index (χ2v) is 6.18. The van der Waals surface area contributed by atoms with E-state index in [0.29, 0.717) is 12.2 Å². The molecule has 26 heavy (non-hydrogen) atoms. The number of hydrogen-bond acceptors (Lipinski definition) is 4. The van der Waals surface area contributed by atoms with E-state index in [1.54, 1.807) is 25.3 Å². The van der Waals surface area contributed by atoms with Crippen molar-refractivity contribution < 1.29 is 18.7 Å². The number of para-hydroxylation sites is 1. The maximum absolute atomic E-state index is 11.8. The maximum atomic E-state index is 11.8. The third kappa shape index (κ3) is 4.53. The Morgan fingerprint density at radius 3 is 2.88 bits per heavy atom. The van der Waals surface area contributed by atoms with Gasteiger partial charge in [-0.1, -0.05) is 18.2 Å². The molecule has 0 spiro atoms. The highest BCUT2D eigenvalue weighted by molar-refractivity contribution is 5.83. The summed E-state index contributed by atoms with van der Waals surface area (Å²) in [6.45, 7) is 1.52. The van der Waals surface area contributed by atoms with Crippen LogP contribution >= 0.6 is 0 Å². The van der Waals surface area contributed by atoms with Crippen LogP contribution in [0.25, 0.3) is 10.9 Å². The third-order valence-electron chi connectivity index (χ3n) is 4.21. The summed E-state index contributed by atoms with van der Waals surface area (Å²) >= 11 is 0. The Bertz CT molecular complexity index is 867. The van der Waals surface area contributed by atoms with Crippen LogP contribution < -0.4 is 5.32 Å². The topological polar surface area (TPSA) is 84.3 Å². The Kier molecular flexibility index (Phi) is 5.73. The largest absolute Gasteiger partial charge is 0.467 e. The highest BCUT2D eigenvalue weighted by Gasteiger charge is 2.13. The van der Waals surface area contributed by atoms with Crippen molar-refractivity contribution >= 4 is 22.8 Å². The molecule has 0 aliphatic heterocycles. The third-order valence-corrected chi connectivity index (χ3v) is 4.21. The number of furan rings is 1. The van der Waals surface area contributed by atoms with Crippen LogP contribution in [0.15, 0.2) is 53.3 Å². The summed E-state index contributed by atoms with van der Waals surface area (Å²) in [6.07, 6.45) is 5.25. The summed E-state index contributed by atoms with van der Waals surface area (Å²) in [5, 5.41) is 3.90. The molecule has 0 unspecified atom stereocenters. The molecule has 6 nitrogen and oxygen atoms in total. The van der Waals surface area contributed by atoms with E-state index in [1.165, 1.54) is 10.9 Å². The van der Waals surface area contributed by atoms with Gasteiger partial charge in [0.15, 0.2) is 6.61 Å². The van der Waals surface area contributed by atoms with Crippen molar-refractivity contribution in [2.24, 2.45) is 0 Å². The van der Waals surface area contributed by atoms with Crippen LogP contribution in [0.3, 0.4) is 0 Å². The van der Waals surface area contributed by atoms with E-state index in [-0.39, 0.29) is 30.9 Å². The summed E-state index contributed by atoms with van der Waals surface area (Å²) < 4.78 is 10.3. The van der Waals surface area contributed by atoms with Crippen LogP contribution in [0.5, 0.6) is 0 Å². The van der Waals surface area contributed by atoms with Crippen molar-refractivity contribution in [1.82, 2.24) is 10.3 Å². The molecule has 3 rings (SSSR count). The van der Waals surface area contributed by atoms with Crippen LogP contribution in [0.1, 0.15) is 37.1 Å². The highest BCUT2D eigenvalue weighted by Crippen LogP contribution is 2.19. The lowest BCUT2D eigenvalue weighted by atomic mass is 10.1. The zero-order valence-corrected chi connectivity index (χ0v) is 14.7. The zero-order valence-electron chi connectivity index (χ0n) is 14.7. The van der Waals surface area contributed by atoms with Gasteiger partial charge in [-0.3, -0.25) is 9.59 Å². The van der Waals surface area contributed by atoms with Gasteiger partial charge in [0, 0.05) is 23.5 Å². The number of benzene rings is 1. The number of carbonyl (C=O) groups excluding carboxylic acids is 2. The average Bonchev–Trinajstić information content (AvgIpc) is 3.30. The predicted octanol–water partition coefficient (Wildman–Crippen LogP) is 3.50. The van der Waals surface area contributed by atoms with E-state index in [1.807, 2.05) is 24.4 Å². The molecule has 136 valence electrons. The second-order valence-electron chi connectivity index (χ2n) is 6.18. The van der Waals surface area contributed by atoms with Crippen LogP contribution in [0.2, 0.25) is 0 Å². The quantitative estimate of drug-likeness (QED) is 0.606. The number of nitrogens with one attached hydrogen (secondary N) is 2. The van der Waals surface area contributed by atoms with Crippen LogP contribution in [-0.2, 0) is 20.7 Å². The molecule has 1 atom stereocenters. The maximum Gasteiger partial charge on any atom is 0.306 e.